The van der Waals surface area contributed by atoms with E-state index < -0.39 is 5.91 Å². The maximum Gasteiger partial charge on any atom is 0.274 e. The number of carbonyl (C=O) groups excluding carboxylic acids is 2. The summed E-state index contributed by atoms with van der Waals surface area (Å²) in [4.78, 5) is 27.0. The Morgan fingerprint density at radius 2 is 1.93 bits per heavy atom. The molecule has 0 aromatic heterocycles. The Bertz CT molecular complexity index is 937. The van der Waals surface area contributed by atoms with E-state index in [1.165, 1.54) is 5.56 Å². The van der Waals surface area contributed by atoms with Crippen LogP contribution in [0.25, 0.3) is 0 Å². The van der Waals surface area contributed by atoms with Crippen LogP contribution >= 0.6 is 0 Å². The molecule has 1 fully saturated rings. The Labute approximate surface area is 159 Å². The fourth-order valence-electron chi connectivity index (χ4n) is 4.62. The van der Waals surface area contributed by atoms with Crippen LogP contribution in [-0.4, -0.2) is 23.6 Å². The Balaban J connectivity index is 1.61. The molecular formula is C22H24N2O3. The first-order valence-electron chi connectivity index (χ1n) is 9.39. The molecule has 1 heterocycles. The van der Waals surface area contributed by atoms with Crippen LogP contribution < -0.4 is 10.4 Å². The van der Waals surface area contributed by atoms with E-state index in [1.807, 2.05) is 17.0 Å². The van der Waals surface area contributed by atoms with Gasteiger partial charge in [0.2, 0.25) is 5.91 Å². The van der Waals surface area contributed by atoms with E-state index in [2.05, 4.69) is 32.0 Å². The molecule has 2 amide bonds. The lowest BCUT2D eigenvalue weighted by Crippen LogP contribution is -2.39. The van der Waals surface area contributed by atoms with Gasteiger partial charge >= 0.3 is 0 Å². The molecule has 0 radical (unpaired) electrons. The average Bonchev–Trinajstić information content (AvgIpc) is 2.97. The summed E-state index contributed by atoms with van der Waals surface area (Å²) in [5, 5.41) is 8.82. The smallest absolute Gasteiger partial charge is 0.274 e. The zero-order valence-electron chi connectivity index (χ0n) is 15.7. The Hall–Kier alpha value is -2.66. The number of hydrogen-bond donors (Lipinski definition) is 2. The molecule has 140 valence electrons. The van der Waals surface area contributed by atoms with Crippen LogP contribution in [0.4, 0.5) is 5.69 Å². The van der Waals surface area contributed by atoms with Crippen molar-refractivity contribution in [2.45, 2.75) is 39.5 Å². The fraction of sp³-hybridized carbons (Fsp3) is 0.364. The topological polar surface area (TPSA) is 69.6 Å². The molecule has 27 heavy (non-hydrogen) atoms. The lowest BCUT2D eigenvalue weighted by Gasteiger charge is -2.33. The zero-order valence-corrected chi connectivity index (χ0v) is 15.7. The third-order valence-electron chi connectivity index (χ3n) is 6.13. The van der Waals surface area contributed by atoms with Gasteiger partial charge < -0.3 is 4.90 Å². The number of fused-ring (bicyclic) bond motifs is 1. The molecule has 1 saturated heterocycles. The molecule has 2 aliphatic rings. The molecule has 0 unspecified atom stereocenters. The minimum absolute atomic E-state index is 0.220. The summed E-state index contributed by atoms with van der Waals surface area (Å²) in [6, 6.07) is 11.7. The highest BCUT2D eigenvalue weighted by molar-refractivity contribution is 6.01. The molecule has 5 nitrogen and oxygen atoms in total. The van der Waals surface area contributed by atoms with E-state index in [0.29, 0.717) is 12.0 Å². The van der Waals surface area contributed by atoms with Crippen molar-refractivity contribution >= 4 is 17.5 Å². The first-order valence-corrected chi connectivity index (χ1v) is 9.39. The Kier molecular flexibility index (Phi) is 4.27. The van der Waals surface area contributed by atoms with E-state index in [4.69, 9.17) is 5.21 Å². The monoisotopic (exact) mass is 364 g/mol. The van der Waals surface area contributed by atoms with Gasteiger partial charge in [0.1, 0.15) is 0 Å². The first kappa shape index (κ1) is 17.7. The predicted octanol–water partition coefficient (Wildman–Crippen LogP) is 3.33. The van der Waals surface area contributed by atoms with Crippen LogP contribution in [0.2, 0.25) is 0 Å². The van der Waals surface area contributed by atoms with E-state index in [9.17, 15) is 9.59 Å². The zero-order chi connectivity index (χ0) is 19.2. The Morgan fingerprint density at radius 1 is 1.11 bits per heavy atom. The summed E-state index contributed by atoms with van der Waals surface area (Å²) in [5.41, 5.74) is 7.36. The second-order valence-electron chi connectivity index (χ2n) is 7.88. The summed E-state index contributed by atoms with van der Waals surface area (Å²) >= 11 is 0. The number of anilines is 1. The summed E-state index contributed by atoms with van der Waals surface area (Å²) in [6.45, 7) is 4.88. The lowest BCUT2D eigenvalue weighted by atomic mass is 9.70. The van der Waals surface area contributed by atoms with Crippen molar-refractivity contribution in [1.82, 2.24) is 5.48 Å². The number of hydrogen-bond acceptors (Lipinski definition) is 3. The molecule has 2 aromatic rings. The molecule has 5 heteroatoms. The van der Waals surface area contributed by atoms with Gasteiger partial charge in [-0.1, -0.05) is 23.8 Å². The van der Waals surface area contributed by atoms with Gasteiger partial charge in [-0.05, 0) is 74.4 Å². The summed E-state index contributed by atoms with van der Waals surface area (Å²) in [6.07, 6.45) is 3.14. The minimum Gasteiger partial charge on any atom is -0.312 e. The molecule has 0 bridgehead atoms. The maximum atomic E-state index is 13.4. The quantitative estimate of drug-likeness (QED) is 0.634. The summed E-state index contributed by atoms with van der Waals surface area (Å²) < 4.78 is 0. The van der Waals surface area contributed by atoms with Crippen molar-refractivity contribution in [3.63, 3.8) is 0 Å². The Morgan fingerprint density at radius 3 is 2.67 bits per heavy atom. The molecular weight excluding hydrogens is 340 g/mol. The van der Waals surface area contributed by atoms with E-state index in [-0.39, 0.29) is 11.3 Å². The molecule has 1 spiro atoms. The van der Waals surface area contributed by atoms with Gasteiger partial charge in [-0.2, -0.15) is 0 Å². The van der Waals surface area contributed by atoms with Gasteiger partial charge in [0.05, 0.1) is 5.41 Å². The molecule has 2 aromatic carbocycles. The van der Waals surface area contributed by atoms with Gasteiger partial charge in [-0.25, -0.2) is 5.48 Å². The molecule has 1 aliphatic heterocycles. The van der Waals surface area contributed by atoms with Crippen LogP contribution in [-0.2, 0) is 17.6 Å². The highest BCUT2D eigenvalue weighted by atomic mass is 16.5. The molecule has 0 saturated carbocycles. The number of aryl methyl sites for hydroxylation is 3. The van der Waals surface area contributed by atoms with Crippen molar-refractivity contribution in [1.29, 1.82) is 0 Å². The van der Waals surface area contributed by atoms with Crippen LogP contribution in [0.3, 0.4) is 0 Å². The van der Waals surface area contributed by atoms with Gasteiger partial charge in [-0.15, -0.1) is 0 Å². The third kappa shape index (κ3) is 2.92. The second kappa shape index (κ2) is 6.50. The number of hydroxylamine groups is 1. The van der Waals surface area contributed by atoms with Crippen molar-refractivity contribution < 1.29 is 14.8 Å². The average molecular weight is 364 g/mol. The highest BCUT2D eigenvalue weighted by Crippen LogP contribution is 2.45. The number of amides is 2. The number of carbonyl (C=O) groups is 2. The third-order valence-corrected chi connectivity index (χ3v) is 6.13. The van der Waals surface area contributed by atoms with Crippen molar-refractivity contribution in [3.8, 4) is 0 Å². The van der Waals surface area contributed by atoms with Gasteiger partial charge in [-0.3, -0.25) is 14.8 Å². The second-order valence-corrected chi connectivity index (χ2v) is 7.88. The SMILES string of the molecule is Cc1ccc(N2CC[C@@]3(CCc4cc(C(=O)NO)ccc4C3)C2=O)c(C)c1. The van der Waals surface area contributed by atoms with Crippen LogP contribution in [0.5, 0.6) is 0 Å². The van der Waals surface area contributed by atoms with Crippen molar-refractivity contribution in [3.05, 3.63) is 64.2 Å². The molecule has 2 N–H and O–H groups in total. The number of rotatable bonds is 2. The first-order chi connectivity index (χ1) is 12.9. The van der Waals surface area contributed by atoms with E-state index in [1.54, 1.807) is 11.5 Å². The highest BCUT2D eigenvalue weighted by Gasteiger charge is 2.48. The van der Waals surface area contributed by atoms with Crippen molar-refractivity contribution in [2.75, 3.05) is 11.4 Å². The summed E-state index contributed by atoms with van der Waals surface area (Å²) in [5.74, 6) is -0.284. The molecule has 4 rings (SSSR count). The van der Waals surface area contributed by atoms with Crippen molar-refractivity contribution in [2.24, 2.45) is 5.41 Å². The fourth-order valence-corrected chi connectivity index (χ4v) is 4.62. The van der Waals surface area contributed by atoms with Gasteiger partial charge in [0, 0.05) is 17.8 Å². The predicted molar refractivity (Wildman–Crippen MR) is 103 cm³/mol. The maximum absolute atomic E-state index is 13.4. The molecule has 1 aliphatic carbocycles. The van der Waals surface area contributed by atoms with Gasteiger partial charge in [0.25, 0.3) is 5.91 Å². The number of nitrogens with zero attached hydrogens (tertiary/aromatic N) is 1. The largest absolute Gasteiger partial charge is 0.312 e. The van der Waals surface area contributed by atoms with Gasteiger partial charge in [0.15, 0.2) is 0 Å². The van der Waals surface area contributed by atoms with Crippen LogP contribution in [0.15, 0.2) is 36.4 Å². The lowest BCUT2D eigenvalue weighted by molar-refractivity contribution is -0.126. The van der Waals surface area contributed by atoms with E-state index >= 15 is 0 Å². The molecule has 1 atom stereocenters. The minimum atomic E-state index is -0.504. The van der Waals surface area contributed by atoms with E-state index in [0.717, 1.165) is 48.2 Å². The summed E-state index contributed by atoms with van der Waals surface area (Å²) in [7, 11) is 0. The van der Waals surface area contributed by atoms with Crippen LogP contribution in [0.1, 0.15) is 45.5 Å². The number of nitrogens with one attached hydrogen (secondary N) is 1. The number of benzene rings is 2. The van der Waals surface area contributed by atoms with Crippen LogP contribution in [0, 0.1) is 19.3 Å². The standard InChI is InChI=1S/C22H24N2O3/c1-14-3-6-19(15(2)11-14)24-10-9-22(21(24)26)8-7-16-12-17(20(25)23-27)4-5-18(16)13-22/h3-6,11-12,27H,7-10,13H2,1-2H3,(H,23,25)/t22-/m1/s1. The normalized spacial score (nSPS) is 21.4.